The summed E-state index contributed by atoms with van der Waals surface area (Å²) in [6, 6.07) is 0.0340. The molecule has 1 fully saturated rings. The van der Waals surface area contributed by atoms with Crippen LogP contribution in [0.5, 0.6) is 0 Å². The van der Waals surface area contributed by atoms with Gasteiger partial charge in [-0.15, -0.1) is 0 Å². The third-order valence-corrected chi connectivity index (χ3v) is 3.45. The molecule has 0 aliphatic carbocycles. The number of hydrogen-bond donors (Lipinski definition) is 1. The maximum Gasteiger partial charge on any atom is 0.241 e. The zero-order valence-corrected chi connectivity index (χ0v) is 11.0. The summed E-state index contributed by atoms with van der Waals surface area (Å²) in [5, 5.41) is 3.32. The molecule has 0 aromatic carbocycles. The van der Waals surface area contributed by atoms with E-state index < -0.39 is 0 Å². The lowest BCUT2D eigenvalue weighted by molar-refractivity contribution is -0.130. The average molecular weight is 227 g/mol. The van der Waals surface area contributed by atoms with Crippen LogP contribution in [0.2, 0.25) is 0 Å². The summed E-state index contributed by atoms with van der Waals surface area (Å²) in [5.74, 6) is 0.266. The molecule has 1 N–H and O–H groups in total. The summed E-state index contributed by atoms with van der Waals surface area (Å²) in [6.07, 6.45) is 1.07. The molecule has 1 saturated heterocycles. The van der Waals surface area contributed by atoms with E-state index in [1.54, 1.807) is 0 Å². The van der Waals surface area contributed by atoms with Crippen LogP contribution in [-0.4, -0.2) is 54.1 Å². The summed E-state index contributed by atoms with van der Waals surface area (Å²) in [4.78, 5) is 16.3. The Morgan fingerprint density at radius 3 is 2.38 bits per heavy atom. The molecule has 2 unspecified atom stereocenters. The van der Waals surface area contributed by atoms with Gasteiger partial charge in [0.05, 0.1) is 12.2 Å². The van der Waals surface area contributed by atoms with Gasteiger partial charge in [0.15, 0.2) is 0 Å². The Morgan fingerprint density at radius 1 is 1.31 bits per heavy atom. The lowest BCUT2D eigenvalue weighted by Gasteiger charge is -2.25. The topological polar surface area (TPSA) is 35.6 Å². The average Bonchev–Trinajstić information content (AvgIpc) is 2.56. The molecule has 1 aliphatic rings. The molecular weight excluding hydrogens is 202 g/mol. The first-order valence-electron chi connectivity index (χ1n) is 6.42. The van der Waals surface area contributed by atoms with E-state index in [-0.39, 0.29) is 18.1 Å². The largest absolute Gasteiger partial charge is 0.325 e. The van der Waals surface area contributed by atoms with Gasteiger partial charge in [-0.25, -0.2) is 0 Å². The highest BCUT2D eigenvalue weighted by Gasteiger charge is 2.34. The first-order chi connectivity index (χ1) is 7.63. The second-order valence-corrected chi connectivity index (χ2v) is 4.36. The van der Waals surface area contributed by atoms with Gasteiger partial charge in [0, 0.05) is 13.1 Å². The summed E-state index contributed by atoms with van der Waals surface area (Å²) >= 11 is 0. The SMILES string of the molecule is CCC1NC(C)N(CCN(CC)CC)C1=O. The molecule has 4 nitrogen and oxygen atoms in total. The van der Waals surface area contributed by atoms with E-state index in [1.807, 2.05) is 4.90 Å². The van der Waals surface area contributed by atoms with Crippen LogP contribution < -0.4 is 5.32 Å². The molecule has 0 radical (unpaired) electrons. The van der Waals surface area contributed by atoms with Gasteiger partial charge >= 0.3 is 0 Å². The Morgan fingerprint density at radius 2 is 1.94 bits per heavy atom. The van der Waals surface area contributed by atoms with Crippen molar-refractivity contribution in [3.05, 3.63) is 0 Å². The van der Waals surface area contributed by atoms with Gasteiger partial charge in [-0.2, -0.15) is 0 Å². The third kappa shape index (κ3) is 2.95. The molecule has 1 aliphatic heterocycles. The Bertz CT molecular complexity index is 228. The highest BCUT2D eigenvalue weighted by molar-refractivity contribution is 5.84. The fraction of sp³-hybridized carbons (Fsp3) is 0.917. The maximum absolute atomic E-state index is 12.0. The Hall–Kier alpha value is -0.610. The van der Waals surface area contributed by atoms with Crippen LogP contribution in [0.3, 0.4) is 0 Å². The minimum atomic E-state index is 0.0340. The number of hydrogen-bond acceptors (Lipinski definition) is 3. The highest BCUT2D eigenvalue weighted by Crippen LogP contribution is 2.12. The number of rotatable bonds is 6. The Labute approximate surface area is 99.0 Å². The number of nitrogens with zero attached hydrogens (tertiary/aromatic N) is 2. The van der Waals surface area contributed by atoms with Crippen LogP contribution in [-0.2, 0) is 4.79 Å². The number of carbonyl (C=O) groups is 1. The monoisotopic (exact) mass is 227 g/mol. The van der Waals surface area contributed by atoms with E-state index in [9.17, 15) is 4.79 Å². The normalized spacial score (nSPS) is 25.8. The van der Waals surface area contributed by atoms with Crippen LogP contribution in [0.4, 0.5) is 0 Å². The molecular formula is C12H25N3O. The van der Waals surface area contributed by atoms with Crippen LogP contribution in [0.15, 0.2) is 0 Å². The van der Waals surface area contributed by atoms with Crippen molar-refractivity contribution < 1.29 is 4.79 Å². The van der Waals surface area contributed by atoms with Crippen molar-refractivity contribution in [2.45, 2.75) is 46.3 Å². The number of carbonyl (C=O) groups excluding carboxylic acids is 1. The van der Waals surface area contributed by atoms with E-state index in [2.05, 4.69) is 37.9 Å². The summed E-state index contributed by atoms with van der Waals surface area (Å²) in [6.45, 7) is 12.4. The van der Waals surface area contributed by atoms with E-state index in [0.29, 0.717) is 0 Å². The maximum atomic E-state index is 12.0. The lowest BCUT2D eigenvalue weighted by atomic mass is 10.2. The van der Waals surface area contributed by atoms with Gasteiger partial charge in [0.1, 0.15) is 0 Å². The number of likely N-dealkylation sites (N-methyl/N-ethyl adjacent to an activating group) is 1. The van der Waals surface area contributed by atoms with Crippen LogP contribution in [0.1, 0.15) is 34.1 Å². The van der Waals surface area contributed by atoms with Crippen molar-refractivity contribution in [2.75, 3.05) is 26.2 Å². The molecule has 94 valence electrons. The summed E-state index contributed by atoms with van der Waals surface area (Å²) in [5.41, 5.74) is 0. The van der Waals surface area contributed by atoms with Crippen LogP contribution in [0.25, 0.3) is 0 Å². The fourth-order valence-corrected chi connectivity index (χ4v) is 2.23. The first kappa shape index (κ1) is 13.5. The molecule has 0 saturated carbocycles. The second-order valence-electron chi connectivity index (χ2n) is 4.36. The van der Waals surface area contributed by atoms with Crippen LogP contribution in [0, 0.1) is 0 Å². The van der Waals surface area contributed by atoms with Gasteiger partial charge in [-0.05, 0) is 26.4 Å². The molecule has 1 heterocycles. The Kier molecular flexibility index (Phi) is 5.22. The summed E-state index contributed by atoms with van der Waals surface area (Å²) < 4.78 is 0. The van der Waals surface area contributed by atoms with Crippen molar-refractivity contribution in [3.63, 3.8) is 0 Å². The molecule has 16 heavy (non-hydrogen) atoms. The van der Waals surface area contributed by atoms with Crippen molar-refractivity contribution in [2.24, 2.45) is 0 Å². The zero-order chi connectivity index (χ0) is 12.1. The standard InChI is InChI=1S/C12H25N3O/c1-5-11-12(16)15(10(4)13-11)9-8-14(6-2)7-3/h10-11,13H,5-9H2,1-4H3. The zero-order valence-electron chi connectivity index (χ0n) is 11.0. The molecule has 0 spiro atoms. The van der Waals surface area contributed by atoms with E-state index >= 15 is 0 Å². The number of amides is 1. The minimum Gasteiger partial charge on any atom is -0.325 e. The van der Waals surface area contributed by atoms with Gasteiger partial charge < -0.3 is 9.80 Å². The molecule has 1 amide bonds. The first-order valence-corrected chi connectivity index (χ1v) is 6.42. The molecule has 0 aromatic heterocycles. The van der Waals surface area contributed by atoms with E-state index in [1.165, 1.54) is 0 Å². The minimum absolute atomic E-state index is 0.0340. The fourth-order valence-electron chi connectivity index (χ4n) is 2.23. The third-order valence-electron chi connectivity index (χ3n) is 3.45. The molecule has 1 rings (SSSR count). The second kappa shape index (κ2) is 6.21. The smallest absolute Gasteiger partial charge is 0.241 e. The molecule has 0 aromatic rings. The van der Waals surface area contributed by atoms with Crippen LogP contribution >= 0.6 is 0 Å². The molecule has 0 bridgehead atoms. The van der Waals surface area contributed by atoms with Crippen molar-refractivity contribution in [3.8, 4) is 0 Å². The van der Waals surface area contributed by atoms with Gasteiger partial charge in [-0.3, -0.25) is 10.1 Å². The lowest BCUT2D eigenvalue weighted by Crippen LogP contribution is -2.40. The van der Waals surface area contributed by atoms with Gasteiger partial charge in [0.2, 0.25) is 5.91 Å². The predicted octanol–water partition coefficient (Wildman–Crippen LogP) is 0.885. The van der Waals surface area contributed by atoms with Gasteiger partial charge in [0.25, 0.3) is 0 Å². The Balaban J connectivity index is 2.45. The van der Waals surface area contributed by atoms with E-state index in [0.717, 1.165) is 32.6 Å². The van der Waals surface area contributed by atoms with Crippen molar-refractivity contribution in [1.29, 1.82) is 0 Å². The quantitative estimate of drug-likeness (QED) is 0.732. The van der Waals surface area contributed by atoms with Gasteiger partial charge in [-0.1, -0.05) is 20.8 Å². The van der Waals surface area contributed by atoms with Crippen molar-refractivity contribution in [1.82, 2.24) is 15.1 Å². The predicted molar refractivity (Wildman–Crippen MR) is 66.2 cm³/mol. The number of nitrogens with one attached hydrogen (secondary N) is 1. The van der Waals surface area contributed by atoms with E-state index in [4.69, 9.17) is 0 Å². The summed E-state index contributed by atoms with van der Waals surface area (Å²) in [7, 11) is 0. The molecule has 2 atom stereocenters. The van der Waals surface area contributed by atoms with Crippen molar-refractivity contribution >= 4 is 5.91 Å². The highest BCUT2D eigenvalue weighted by atomic mass is 16.2. The molecule has 4 heteroatoms.